The van der Waals surface area contributed by atoms with Crippen LogP contribution in [-0.4, -0.2) is 36.2 Å². The van der Waals surface area contributed by atoms with E-state index < -0.39 is 5.54 Å². The van der Waals surface area contributed by atoms with Gasteiger partial charge in [-0.3, -0.25) is 0 Å². The highest BCUT2D eigenvalue weighted by atomic mass is 16.3. The third kappa shape index (κ3) is 4.89. The Labute approximate surface area is 123 Å². The molecule has 0 heterocycles. The second kappa shape index (κ2) is 7.77. The number of hydrogen-bond donors (Lipinski definition) is 2. The second-order valence-electron chi connectivity index (χ2n) is 6.39. The first-order valence-corrected chi connectivity index (χ1v) is 7.54. The zero-order valence-electron chi connectivity index (χ0n) is 13.3. The van der Waals surface area contributed by atoms with Crippen molar-refractivity contribution >= 4 is 0 Å². The molecule has 0 aliphatic rings. The van der Waals surface area contributed by atoms with Crippen LogP contribution >= 0.6 is 0 Å². The van der Waals surface area contributed by atoms with Gasteiger partial charge in [-0.15, -0.1) is 0 Å². The van der Waals surface area contributed by atoms with Gasteiger partial charge >= 0.3 is 0 Å². The van der Waals surface area contributed by atoms with E-state index in [1.165, 1.54) is 6.42 Å². The van der Waals surface area contributed by atoms with E-state index in [2.05, 4.69) is 32.7 Å². The Morgan fingerprint density at radius 3 is 2.30 bits per heavy atom. The van der Waals surface area contributed by atoms with Crippen LogP contribution in [0.2, 0.25) is 0 Å². The smallest absolute Gasteiger partial charge is 0.0656 e. The summed E-state index contributed by atoms with van der Waals surface area (Å²) in [7, 11) is 2.13. The minimum absolute atomic E-state index is 0.0244. The molecule has 3 nitrogen and oxygen atoms in total. The fraction of sp³-hybridized carbons (Fsp3) is 0.647. The molecule has 3 N–H and O–H groups in total. The van der Waals surface area contributed by atoms with E-state index in [-0.39, 0.29) is 6.61 Å². The summed E-state index contributed by atoms with van der Waals surface area (Å²) in [4.78, 5) is 2.33. The van der Waals surface area contributed by atoms with E-state index in [0.717, 1.165) is 18.5 Å². The summed E-state index contributed by atoms with van der Waals surface area (Å²) in [5, 5.41) is 9.69. The molecule has 0 radical (unpaired) electrons. The number of nitrogens with zero attached hydrogens (tertiary/aromatic N) is 1. The van der Waals surface area contributed by atoms with Crippen LogP contribution in [0.25, 0.3) is 0 Å². The lowest BCUT2D eigenvalue weighted by Crippen LogP contribution is -2.44. The van der Waals surface area contributed by atoms with Gasteiger partial charge in [0.05, 0.1) is 12.1 Å². The van der Waals surface area contributed by atoms with Crippen molar-refractivity contribution in [3.8, 4) is 0 Å². The van der Waals surface area contributed by atoms with Crippen molar-refractivity contribution in [2.45, 2.75) is 45.2 Å². The highest BCUT2D eigenvalue weighted by Gasteiger charge is 2.27. The average Bonchev–Trinajstić information content (AvgIpc) is 2.44. The van der Waals surface area contributed by atoms with Crippen LogP contribution in [0.3, 0.4) is 0 Å². The number of hydrogen-bond acceptors (Lipinski definition) is 3. The van der Waals surface area contributed by atoms with Gasteiger partial charge in [0.2, 0.25) is 0 Å². The maximum absolute atomic E-state index is 9.69. The monoisotopic (exact) mass is 278 g/mol. The Morgan fingerprint density at radius 2 is 1.80 bits per heavy atom. The van der Waals surface area contributed by atoms with E-state index in [4.69, 9.17) is 5.73 Å². The van der Waals surface area contributed by atoms with E-state index in [1.807, 2.05) is 30.3 Å². The molecule has 0 saturated heterocycles. The number of aliphatic hydroxyl groups excluding tert-OH is 1. The first-order valence-electron chi connectivity index (χ1n) is 7.54. The molecule has 0 spiro atoms. The minimum atomic E-state index is -0.646. The van der Waals surface area contributed by atoms with E-state index in [0.29, 0.717) is 12.0 Å². The summed E-state index contributed by atoms with van der Waals surface area (Å²) in [6.07, 6.45) is 1.94. The van der Waals surface area contributed by atoms with E-state index >= 15 is 0 Å². The normalized spacial score (nSPS) is 16.4. The van der Waals surface area contributed by atoms with Crippen molar-refractivity contribution in [1.82, 2.24) is 4.90 Å². The standard InChI is InChI=1S/C17H30N2O/c1-14(2)12-15(3)19(4)11-10-17(18,13-20)16-8-6-5-7-9-16/h5-9,14-15,20H,10-13,18H2,1-4H3. The lowest BCUT2D eigenvalue weighted by atomic mass is 9.88. The van der Waals surface area contributed by atoms with Gasteiger partial charge in [0, 0.05) is 12.6 Å². The maximum Gasteiger partial charge on any atom is 0.0656 e. The highest BCUT2D eigenvalue weighted by molar-refractivity contribution is 5.24. The zero-order valence-corrected chi connectivity index (χ0v) is 13.3. The summed E-state index contributed by atoms with van der Waals surface area (Å²) in [5.41, 5.74) is 6.75. The fourth-order valence-electron chi connectivity index (χ4n) is 2.54. The van der Waals surface area contributed by atoms with Crippen molar-refractivity contribution in [3.63, 3.8) is 0 Å². The van der Waals surface area contributed by atoms with Crippen LogP contribution in [0, 0.1) is 5.92 Å². The van der Waals surface area contributed by atoms with E-state index in [1.54, 1.807) is 0 Å². The van der Waals surface area contributed by atoms with Gasteiger partial charge in [-0.2, -0.15) is 0 Å². The van der Waals surface area contributed by atoms with Gasteiger partial charge in [0.15, 0.2) is 0 Å². The van der Waals surface area contributed by atoms with Crippen molar-refractivity contribution in [3.05, 3.63) is 35.9 Å². The Morgan fingerprint density at radius 1 is 1.20 bits per heavy atom. The summed E-state index contributed by atoms with van der Waals surface area (Å²) in [5.74, 6) is 0.696. The van der Waals surface area contributed by atoms with Gasteiger partial charge in [0.25, 0.3) is 0 Å². The molecule has 0 fully saturated rings. The zero-order chi connectivity index (χ0) is 15.2. The van der Waals surface area contributed by atoms with Crippen molar-refractivity contribution in [2.75, 3.05) is 20.2 Å². The molecular formula is C17H30N2O. The molecule has 114 valence electrons. The number of aliphatic hydroxyl groups is 1. The van der Waals surface area contributed by atoms with Crippen LogP contribution in [0.15, 0.2) is 30.3 Å². The Balaban J connectivity index is 2.61. The van der Waals surface area contributed by atoms with Gasteiger partial charge in [-0.25, -0.2) is 0 Å². The summed E-state index contributed by atoms with van der Waals surface area (Å²) >= 11 is 0. The first-order chi connectivity index (χ1) is 9.39. The molecule has 1 rings (SSSR count). The second-order valence-corrected chi connectivity index (χ2v) is 6.39. The van der Waals surface area contributed by atoms with Crippen LogP contribution < -0.4 is 5.73 Å². The molecule has 0 aliphatic heterocycles. The largest absolute Gasteiger partial charge is 0.394 e. The van der Waals surface area contributed by atoms with Crippen LogP contribution in [0.5, 0.6) is 0 Å². The molecule has 3 heteroatoms. The predicted octanol–water partition coefficient (Wildman–Crippen LogP) is 2.59. The van der Waals surface area contributed by atoms with Gasteiger partial charge in [-0.05, 0) is 38.3 Å². The van der Waals surface area contributed by atoms with Crippen molar-refractivity contribution in [1.29, 1.82) is 0 Å². The lowest BCUT2D eigenvalue weighted by Gasteiger charge is -2.32. The van der Waals surface area contributed by atoms with Crippen molar-refractivity contribution < 1.29 is 5.11 Å². The number of benzene rings is 1. The summed E-state index contributed by atoms with van der Waals surface area (Å²) < 4.78 is 0. The molecule has 0 aromatic heterocycles. The number of nitrogens with two attached hydrogens (primary N) is 1. The Kier molecular flexibility index (Phi) is 6.66. The summed E-state index contributed by atoms with van der Waals surface area (Å²) in [6.45, 7) is 7.60. The first kappa shape index (κ1) is 17.2. The third-order valence-electron chi connectivity index (χ3n) is 4.11. The molecule has 0 aliphatic carbocycles. The number of rotatable bonds is 8. The lowest BCUT2D eigenvalue weighted by molar-refractivity contribution is 0.154. The van der Waals surface area contributed by atoms with Crippen LogP contribution in [-0.2, 0) is 5.54 Å². The highest BCUT2D eigenvalue weighted by Crippen LogP contribution is 2.22. The van der Waals surface area contributed by atoms with Gasteiger partial charge in [0.1, 0.15) is 0 Å². The maximum atomic E-state index is 9.69. The Hall–Kier alpha value is -0.900. The molecule has 2 atom stereocenters. The molecule has 0 amide bonds. The quantitative estimate of drug-likeness (QED) is 0.768. The van der Waals surface area contributed by atoms with Crippen LogP contribution in [0.1, 0.15) is 39.2 Å². The fourth-order valence-corrected chi connectivity index (χ4v) is 2.54. The topological polar surface area (TPSA) is 49.5 Å². The van der Waals surface area contributed by atoms with Crippen molar-refractivity contribution in [2.24, 2.45) is 11.7 Å². The van der Waals surface area contributed by atoms with Crippen LogP contribution in [0.4, 0.5) is 0 Å². The molecular weight excluding hydrogens is 248 g/mol. The minimum Gasteiger partial charge on any atom is -0.394 e. The predicted molar refractivity (Wildman–Crippen MR) is 85.6 cm³/mol. The SMILES string of the molecule is CC(C)CC(C)N(C)CCC(N)(CO)c1ccccc1. The summed E-state index contributed by atoms with van der Waals surface area (Å²) in [6, 6.07) is 10.4. The molecule has 0 saturated carbocycles. The molecule has 20 heavy (non-hydrogen) atoms. The van der Waals surface area contributed by atoms with E-state index in [9.17, 15) is 5.11 Å². The molecule has 1 aromatic carbocycles. The van der Waals surface area contributed by atoms with Gasteiger partial charge < -0.3 is 15.7 Å². The third-order valence-corrected chi connectivity index (χ3v) is 4.11. The molecule has 2 unspecified atom stereocenters. The Bertz CT molecular complexity index is 380. The molecule has 1 aromatic rings. The van der Waals surface area contributed by atoms with Gasteiger partial charge in [-0.1, -0.05) is 44.2 Å². The molecule has 0 bridgehead atoms. The average molecular weight is 278 g/mol.